The lowest BCUT2D eigenvalue weighted by Crippen LogP contribution is -2.50. The summed E-state index contributed by atoms with van der Waals surface area (Å²) in [5.74, 6) is 0.380. The Bertz CT molecular complexity index is 1310. The molecule has 4 rings (SSSR count). The molecule has 9 heteroatoms. The number of hydrogen-bond acceptors (Lipinski definition) is 7. The lowest BCUT2D eigenvalue weighted by molar-refractivity contribution is 0.00584. The molecule has 3 aromatic rings. The van der Waals surface area contributed by atoms with Gasteiger partial charge in [-0.15, -0.1) is 0 Å². The quantitative estimate of drug-likeness (QED) is 0.365. The number of ether oxygens (including phenoxy) is 3. The van der Waals surface area contributed by atoms with Crippen LogP contribution in [0.15, 0.2) is 72.8 Å². The summed E-state index contributed by atoms with van der Waals surface area (Å²) in [4.78, 5) is 28.8. The Hall–Kier alpha value is -4.39. The Balaban J connectivity index is 1.33. The van der Waals surface area contributed by atoms with Crippen LogP contribution in [0.4, 0.5) is 10.5 Å². The molecule has 1 aliphatic heterocycles. The number of esters is 1. The van der Waals surface area contributed by atoms with Crippen molar-refractivity contribution in [3.05, 3.63) is 95.1 Å². The zero-order chi connectivity index (χ0) is 28.3. The van der Waals surface area contributed by atoms with Gasteiger partial charge in [0.1, 0.15) is 5.75 Å². The number of anilines is 1. The van der Waals surface area contributed by atoms with Crippen molar-refractivity contribution in [1.82, 2.24) is 9.80 Å². The number of carbonyl (C=O) groups is 2. The van der Waals surface area contributed by atoms with Crippen molar-refractivity contribution in [3.8, 4) is 11.8 Å². The number of benzene rings is 3. The first-order chi connectivity index (χ1) is 19.5. The van der Waals surface area contributed by atoms with Gasteiger partial charge in [0.15, 0.2) is 0 Å². The highest BCUT2D eigenvalue weighted by Crippen LogP contribution is 2.25. The summed E-state index contributed by atoms with van der Waals surface area (Å²) in [5, 5.41) is 12.0. The van der Waals surface area contributed by atoms with Gasteiger partial charge in [0.25, 0.3) is 0 Å². The van der Waals surface area contributed by atoms with Crippen LogP contribution in [0.3, 0.4) is 0 Å². The molecular formula is C31H34N4O5. The third-order valence-corrected chi connectivity index (χ3v) is 6.73. The number of methoxy groups -OCH3 is 1. The van der Waals surface area contributed by atoms with Crippen LogP contribution in [0.5, 0.6) is 5.75 Å². The minimum absolute atomic E-state index is 0.176. The number of rotatable bonds is 10. The van der Waals surface area contributed by atoms with Crippen LogP contribution >= 0.6 is 0 Å². The molecule has 0 aliphatic carbocycles. The Morgan fingerprint density at radius 3 is 2.38 bits per heavy atom. The fourth-order valence-corrected chi connectivity index (χ4v) is 4.44. The van der Waals surface area contributed by atoms with Gasteiger partial charge >= 0.3 is 12.0 Å². The molecule has 3 aromatic carbocycles. The molecule has 1 atom stereocenters. The monoisotopic (exact) mass is 542 g/mol. The first-order valence-electron chi connectivity index (χ1n) is 13.3. The van der Waals surface area contributed by atoms with Crippen LogP contribution in [0.1, 0.15) is 40.1 Å². The van der Waals surface area contributed by atoms with Gasteiger partial charge < -0.3 is 24.4 Å². The van der Waals surface area contributed by atoms with Crippen molar-refractivity contribution in [2.24, 2.45) is 0 Å². The summed E-state index contributed by atoms with van der Waals surface area (Å²) in [6.07, 6.45) is -0.205. The molecule has 1 fully saturated rings. The van der Waals surface area contributed by atoms with Gasteiger partial charge in [0, 0.05) is 38.4 Å². The fourth-order valence-electron chi connectivity index (χ4n) is 4.44. The van der Waals surface area contributed by atoms with Crippen LogP contribution in [0.2, 0.25) is 0 Å². The number of nitrogens with one attached hydrogen (secondary N) is 1. The second-order valence-electron chi connectivity index (χ2n) is 9.40. The van der Waals surface area contributed by atoms with E-state index in [4.69, 9.17) is 19.5 Å². The summed E-state index contributed by atoms with van der Waals surface area (Å²) in [5.41, 5.74) is 3.68. The summed E-state index contributed by atoms with van der Waals surface area (Å²) in [6.45, 7) is 5.70. The van der Waals surface area contributed by atoms with Crippen molar-refractivity contribution in [2.75, 3.05) is 51.8 Å². The summed E-state index contributed by atoms with van der Waals surface area (Å²) in [7, 11) is 1.64. The average Bonchev–Trinajstić information content (AvgIpc) is 3.00. The van der Waals surface area contributed by atoms with E-state index in [9.17, 15) is 9.59 Å². The van der Waals surface area contributed by atoms with E-state index in [1.54, 1.807) is 55.3 Å². The average molecular weight is 543 g/mol. The first kappa shape index (κ1) is 28.6. The van der Waals surface area contributed by atoms with E-state index in [2.05, 4.69) is 16.3 Å². The second-order valence-corrected chi connectivity index (χ2v) is 9.40. The SMILES string of the molecule is CCOC(=O)c1ccc(NC(=O)N2CCN(C[C@H](OCc3ccc(C#N)cc3)c3cccc(OC)c3)CC2)cc1. The van der Waals surface area contributed by atoms with Gasteiger partial charge in [0.2, 0.25) is 0 Å². The van der Waals surface area contributed by atoms with Gasteiger partial charge in [-0.25, -0.2) is 9.59 Å². The molecule has 9 nitrogen and oxygen atoms in total. The number of piperazine rings is 1. The first-order valence-corrected chi connectivity index (χ1v) is 13.3. The van der Waals surface area contributed by atoms with Gasteiger partial charge in [-0.1, -0.05) is 24.3 Å². The number of carbonyl (C=O) groups excluding carboxylic acids is 2. The summed E-state index contributed by atoms with van der Waals surface area (Å²) in [6, 6.07) is 23.9. The summed E-state index contributed by atoms with van der Waals surface area (Å²) >= 11 is 0. The molecule has 0 bridgehead atoms. The lowest BCUT2D eigenvalue weighted by Gasteiger charge is -2.36. The van der Waals surface area contributed by atoms with E-state index >= 15 is 0 Å². The number of urea groups is 1. The zero-order valence-corrected chi connectivity index (χ0v) is 22.8. The van der Waals surface area contributed by atoms with Crippen LogP contribution < -0.4 is 10.1 Å². The fraction of sp³-hybridized carbons (Fsp3) is 0.323. The maximum absolute atomic E-state index is 12.9. The highest BCUT2D eigenvalue weighted by Gasteiger charge is 2.25. The van der Waals surface area contributed by atoms with Gasteiger partial charge in [0.05, 0.1) is 43.6 Å². The summed E-state index contributed by atoms with van der Waals surface area (Å²) < 4.78 is 16.8. The van der Waals surface area contributed by atoms with Crippen molar-refractivity contribution in [1.29, 1.82) is 5.26 Å². The normalized spacial score (nSPS) is 14.2. The molecule has 0 spiro atoms. The molecule has 208 valence electrons. The largest absolute Gasteiger partial charge is 0.497 e. The zero-order valence-electron chi connectivity index (χ0n) is 22.8. The number of nitrogens with zero attached hydrogens (tertiary/aromatic N) is 3. The number of hydrogen-bond donors (Lipinski definition) is 1. The molecule has 0 radical (unpaired) electrons. The van der Waals surface area contributed by atoms with Gasteiger partial charge in [-0.3, -0.25) is 4.90 Å². The van der Waals surface area contributed by atoms with Crippen LogP contribution in [-0.2, 0) is 16.1 Å². The molecule has 40 heavy (non-hydrogen) atoms. The van der Waals surface area contributed by atoms with Crippen molar-refractivity contribution < 1.29 is 23.8 Å². The van der Waals surface area contributed by atoms with Crippen molar-refractivity contribution in [3.63, 3.8) is 0 Å². The molecule has 1 aliphatic rings. The minimum Gasteiger partial charge on any atom is -0.497 e. The highest BCUT2D eigenvalue weighted by molar-refractivity contribution is 5.92. The highest BCUT2D eigenvalue weighted by atomic mass is 16.5. The van der Waals surface area contributed by atoms with Crippen LogP contribution in [0, 0.1) is 11.3 Å². The van der Waals surface area contributed by atoms with Crippen molar-refractivity contribution >= 4 is 17.7 Å². The molecule has 0 unspecified atom stereocenters. The van der Waals surface area contributed by atoms with E-state index in [1.807, 2.05) is 36.4 Å². The van der Waals surface area contributed by atoms with Gasteiger partial charge in [-0.2, -0.15) is 5.26 Å². The molecule has 1 N–H and O–H groups in total. The molecule has 0 aromatic heterocycles. The Morgan fingerprint density at radius 2 is 1.73 bits per heavy atom. The predicted octanol–water partition coefficient (Wildman–Crippen LogP) is 4.85. The smallest absolute Gasteiger partial charge is 0.338 e. The third-order valence-electron chi connectivity index (χ3n) is 6.73. The molecular weight excluding hydrogens is 508 g/mol. The van der Waals surface area contributed by atoms with Crippen molar-refractivity contribution in [2.45, 2.75) is 19.6 Å². The van der Waals surface area contributed by atoms with E-state index in [1.165, 1.54) is 0 Å². The maximum atomic E-state index is 12.9. The molecule has 2 amide bonds. The predicted molar refractivity (Wildman–Crippen MR) is 151 cm³/mol. The molecule has 1 heterocycles. The van der Waals surface area contributed by atoms with E-state index in [0.717, 1.165) is 16.9 Å². The Labute approximate surface area is 234 Å². The van der Waals surface area contributed by atoms with Crippen LogP contribution in [0.25, 0.3) is 0 Å². The van der Waals surface area contributed by atoms with E-state index in [-0.39, 0.29) is 18.1 Å². The number of amides is 2. The van der Waals surface area contributed by atoms with Gasteiger partial charge in [-0.05, 0) is 66.6 Å². The lowest BCUT2D eigenvalue weighted by atomic mass is 10.1. The number of nitriles is 1. The second kappa shape index (κ2) is 14.1. The maximum Gasteiger partial charge on any atom is 0.338 e. The minimum atomic E-state index is -0.385. The molecule has 0 saturated carbocycles. The third kappa shape index (κ3) is 7.82. The van der Waals surface area contributed by atoms with Crippen LogP contribution in [-0.4, -0.2) is 68.2 Å². The topological polar surface area (TPSA) is 104 Å². The van der Waals surface area contributed by atoms with E-state index in [0.29, 0.717) is 62.8 Å². The Kier molecular flexibility index (Phi) is 10.1. The van der Waals surface area contributed by atoms with E-state index < -0.39 is 0 Å². The molecule has 1 saturated heterocycles. The Morgan fingerprint density at radius 1 is 1.00 bits per heavy atom. The standard InChI is InChI=1S/C31H34N4O5/c1-3-39-30(36)25-11-13-27(14-12-25)33-31(37)35-17-15-34(16-18-35)21-29(26-5-4-6-28(19-26)38-2)40-22-24-9-7-23(20-32)8-10-24/h4-14,19,29H,3,15-18,21-22H2,1-2H3,(H,33,37)/t29-/m0/s1.